The second-order valence-electron chi connectivity index (χ2n) is 4.08. The van der Waals surface area contributed by atoms with E-state index in [1.54, 1.807) is 19.1 Å². The van der Waals surface area contributed by atoms with Gasteiger partial charge in [-0.3, -0.25) is 0 Å². The number of carbonyl (C=O) groups is 1. The number of halogens is 1. The van der Waals surface area contributed by atoms with Crippen LogP contribution in [0.1, 0.15) is 32.3 Å². The lowest BCUT2D eigenvalue weighted by atomic mass is 10.1. The van der Waals surface area contributed by atoms with Gasteiger partial charge in [0.25, 0.3) is 0 Å². The summed E-state index contributed by atoms with van der Waals surface area (Å²) in [5.41, 5.74) is 6.07. The number of rotatable bonds is 7. The van der Waals surface area contributed by atoms with E-state index in [1.807, 2.05) is 6.92 Å². The molecule has 0 spiro atoms. The normalized spacial score (nSPS) is 12.0. The van der Waals surface area contributed by atoms with Crippen molar-refractivity contribution in [3.05, 3.63) is 29.6 Å². The zero-order valence-corrected chi connectivity index (χ0v) is 11.3. The van der Waals surface area contributed by atoms with Crippen LogP contribution in [-0.4, -0.2) is 18.7 Å². The summed E-state index contributed by atoms with van der Waals surface area (Å²) in [5, 5.41) is 0. The summed E-state index contributed by atoms with van der Waals surface area (Å²) in [6.45, 7) is 4.05. The average molecular weight is 269 g/mol. The Balaban J connectivity index is 2.92. The number of benzene rings is 1. The minimum atomic E-state index is -0.799. The Morgan fingerprint density at radius 1 is 1.42 bits per heavy atom. The van der Waals surface area contributed by atoms with Crippen LogP contribution in [-0.2, 0) is 16.1 Å². The molecule has 0 saturated carbocycles. The SMILES string of the molecule is CCCC(Oc1c(F)cccc1CN)C(=O)OCC. The molecule has 0 aromatic heterocycles. The molecule has 5 heteroatoms. The number of carbonyl (C=O) groups excluding carboxylic acids is 1. The van der Waals surface area contributed by atoms with Gasteiger partial charge < -0.3 is 15.2 Å². The quantitative estimate of drug-likeness (QED) is 0.772. The minimum Gasteiger partial charge on any atom is -0.475 e. The maximum Gasteiger partial charge on any atom is 0.347 e. The fourth-order valence-electron chi connectivity index (χ4n) is 1.71. The van der Waals surface area contributed by atoms with E-state index in [9.17, 15) is 9.18 Å². The average Bonchev–Trinajstić information content (AvgIpc) is 2.40. The topological polar surface area (TPSA) is 61.5 Å². The predicted octanol–water partition coefficient (Wildman–Crippen LogP) is 2.40. The molecule has 1 aromatic rings. The highest BCUT2D eigenvalue weighted by atomic mass is 19.1. The first-order valence-electron chi connectivity index (χ1n) is 6.44. The van der Waals surface area contributed by atoms with E-state index in [0.717, 1.165) is 6.42 Å². The lowest BCUT2D eigenvalue weighted by Gasteiger charge is -2.19. The highest BCUT2D eigenvalue weighted by Crippen LogP contribution is 2.24. The molecule has 106 valence electrons. The Bertz CT molecular complexity index is 423. The maximum absolute atomic E-state index is 13.8. The smallest absolute Gasteiger partial charge is 0.347 e. The molecule has 0 radical (unpaired) electrons. The van der Waals surface area contributed by atoms with Crippen LogP contribution in [0.15, 0.2) is 18.2 Å². The van der Waals surface area contributed by atoms with Gasteiger partial charge in [0, 0.05) is 12.1 Å². The molecule has 0 aliphatic carbocycles. The maximum atomic E-state index is 13.8. The van der Waals surface area contributed by atoms with E-state index < -0.39 is 17.9 Å². The first-order valence-corrected chi connectivity index (χ1v) is 6.44. The van der Waals surface area contributed by atoms with Crippen molar-refractivity contribution in [1.29, 1.82) is 0 Å². The molecule has 1 rings (SSSR count). The third-order valence-electron chi connectivity index (χ3n) is 2.63. The summed E-state index contributed by atoms with van der Waals surface area (Å²) in [6, 6.07) is 4.51. The monoisotopic (exact) mass is 269 g/mol. The summed E-state index contributed by atoms with van der Waals surface area (Å²) in [7, 11) is 0. The van der Waals surface area contributed by atoms with Gasteiger partial charge in [0.15, 0.2) is 17.7 Å². The van der Waals surface area contributed by atoms with E-state index in [1.165, 1.54) is 6.07 Å². The van der Waals surface area contributed by atoms with Crippen LogP contribution in [0.5, 0.6) is 5.75 Å². The standard InChI is InChI=1S/C14H20FNO3/c1-3-6-12(14(17)18-4-2)19-13-10(9-16)7-5-8-11(13)15/h5,7-8,12H,3-4,6,9,16H2,1-2H3. The van der Waals surface area contributed by atoms with Gasteiger partial charge in [-0.25, -0.2) is 9.18 Å². The third kappa shape index (κ3) is 4.21. The molecule has 0 fully saturated rings. The van der Waals surface area contributed by atoms with Gasteiger partial charge in [0.05, 0.1) is 6.61 Å². The van der Waals surface area contributed by atoms with E-state index in [2.05, 4.69) is 0 Å². The van der Waals surface area contributed by atoms with Crippen molar-refractivity contribution in [1.82, 2.24) is 0 Å². The molecule has 0 saturated heterocycles. The summed E-state index contributed by atoms with van der Waals surface area (Å²) < 4.78 is 24.2. The Labute approximate surface area is 112 Å². The molecule has 1 unspecified atom stereocenters. The van der Waals surface area contributed by atoms with Gasteiger partial charge in [0.1, 0.15) is 0 Å². The molecule has 0 aliphatic heterocycles. The Kier molecular flexibility index (Phi) is 6.29. The fraction of sp³-hybridized carbons (Fsp3) is 0.500. The van der Waals surface area contributed by atoms with Crippen LogP contribution in [0.3, 0.4) is 0 Å². The van der Waals surface area contributed by atoms with Gasteiger partial charge in [0.2, 0.25) is 0 Å². The molecule has 4 nitrogen and oxygen atoms in total. The van der Waals surface area contributed by atoms with Crippen LogP contribution in [0.4, 0.5) is 4.39 Å². The van der Waals surface area contributed by atoms with E-state index in [0.29, 0.717) is 12.0 Å². The molecule has 0 heterocycles. The highest BCUT2D eigenvalue weighted by Gasteiger charge is 2.23. The van der Waals surface area contributed by atoms with Gasteiger partial charge in [-0.05, 0) is 19.4 Å². The summed E-state index contributed by atoms with van der Waals surface area (Å²) in [4.78, 5) is 11.7. The Morgan fingerprint density at radius 3 is 2.74 bits per heavy atom. The number of hydrogen-bond donors (Lipinski definition) is 1. The molecule has 1 atom stereocenters. The molecular weight excluding hydrogens is 249 g/mol. The van der Waals surface area contributed by atoms with Gasteiger partial charge in [-0.1, -0.05) is 25.5 Å². The molecule has 1 aromatic carbocycles. The predicted molar refractivity (Wildman–Crippen MR) is 70.2 cm³/mol. The van der Waals surface area contributed by atoms with Crippen molar-refractivity contribution >= 4 is 5.97 Å². The molecular formula is C14H20FNO3. The molecule has 2 N–H and O–H groups in total. The lowest BCUT2D eigenvalue weighted by Crippen LogP contribution is -2.30. The minimum absolute atomic E-state index is 0.0384. The fourth-order valence-corrected chi connectivity index (χ4v) is 1.71. The van der Waals surface area contributed by atoms with Crippen LogP contribution < -0.4 is 10.5 Å². The highest BCUT2D eigenvalue weighted by molar-refractivity contribution is 5.75. The van der Waals surface area contributed by atoms with E-state index in [-0.39, 0.29) is 18.9 Å². The van der Waals surface area contributed by atoms with Crippen molar-refractivity contribution < 1.29 is 18.7 Å². The van der Waals surface area contributed by atoms with Crippen molar-refractivity contribution in [2.24, 2.45) is 5.73 Å². The zero-order chi connectivity index (χ0) is 14.3. The second-order valence-corrected chi connectivity index (χ2v) is 4.08. The largest absolute Gasteiger partial charge is 0.475 e. The van der Waals surface area contributed by atoms with Gasteiger partial charge in [-0.2, -0.15) is 0 Å². The first-order chi connectivity index (χ1) is 9.13. The van der Waals surface area contributed by atoms with Crippen LogP contribution in [0.2, 0.25) is 0 Å². The Morgan fingerprint density at radius 2 is 2.16 bits per heavy atom. The van der Waals surface area contributed by atoms with Gasteiger partial charge >= 0.3 is 5.97 Å². The number of ether oxygens (including phenoxy) is 2. The van der Waals surface area contributed by atoms with Crippen molar-refractivity contribution in [2.75, 3.05) is 6.61 Å². The lowest BCUT2D eigenvalue weighted by molar-refractivity contribution is -0.151. The Hall–Kier alpha value is -1.62. The number of hydrogen-bond acceptors (Lipinski definition) is 4. The number of esters is 1. The van der Waals surface area contributed by atoms with E-state index >= 15 is 0 Å². The molecule has 0 aliphatic rings. The van der Waals surface area contributed by atoms with Crippen molar-refractivity contribution in [2.45, 2.75) is 39.3 Å². The van der Waals surface area contributed by atoms with Crippen molar-refractivity contribution in [3.8, 4) is 5.75 Å². The number of para-hydroxylation sites is 1. The van der Waals surface area contributed by atoms with Crippen molar-refractivity contribution in [3.63, 3.8) is 0 Å². The molecule has 0 bridgehead atoms. The van der Waals surface area contributed by atoms with Crippen LogP contribution in [0, 0.1) is 5.82 Å². The van der Waals surface area contributed by atoms with Gasteiger partial charge in [-0.15, -0.1) is 0 Å². The first kappa shape index (κ1) is 15.4. The number of nitrogens with two attached hydrogens (primary N) is 1. The molecule has 19 heavy (non-hydrogen) atoms. The molecule has 0 amide bonds. The summed E-state index contributed by atoms with van der Waals surface area (Å²) in [6.07, 6.45) is 0.403. The van der Waals surface area contributed by atoms with Crippen LogP contribution in [0.25, 0.3) is 0 Å². The zero-order valence-electron chi connectivity index (χ0n) is 11.3. The third-order valence-corrected chi connectivity index (χ3v) is 2.63. The van der Waals surface area contributed by atoms with Crippen LogP contribution >= 0.6 is 0 Å². The summed E-state index contributed by atoms with van der Waals surface area (Å²) in [5.74, 6) is -0.958. The van der Waals surface area contributed by atoms with E-state index in [4.69, 9.17) is 15.2 Å². The second kappa shape index (κ2) is 7.74. The summed E-state index contributed by atoms with van der Waals surface area (Å²) >= 11 is 0.